The van der Waals surface area contributed by atoms with Crippen LogP contribution in [0.2, 0.25) is 0 Å². The van der Waals surface area contributed by atoms with Gasteiger partial charge in [-0.1, -0.05) is 26.0 Å². The molecule has 0 saturated carbocycles. The van der Waals surface area contributed by atoms with Gasteiger partial charge in [-0.25, -0.2) is 4.79 Å². The molecule has 0 saturated heterocycles. The number of carboxylic acids is 1. The Labute approximate surface area is 145 Å². The molecule has 0 bridgehead atoms. The molecule has 0 radical (unpaired) electrons. The topological polar surface area (TPSA) is 66.8 Å². The first-order chi connectivity index (χ1) is 12.0. The van der Waals surface area contributed by atoms with E-state index in [2.05, 4.69) is 0 Å². The van der Waals surface area contributed by atoms with Gasteiger partial charge < -0.3 is 14.9 Å². The average Bonchev–Trinajstić information content (AvgIpc) is 2.51. The Morgan fingerprint density at radius 3 is 2.38 bits per heavy atom. The van der Waals surface area contributed by atoms with Crippen molar-refractivity contribution in [1.29, 1.82) is 0 Å². The lowest BCUT2D eigenvalue weighted by atomic mass is 9.93. The van der Waals surface area contributed by atoms with Crippen LogP contribution in [0.1, 0.15) is 50.3 Å². The summed E-state index contributed by atoms with van der Waals surface area (Å²) in [5.41, 5.74) is 3.03. The molecule has 0 amide bonds. The summed E-state index contributed by atoms with van der Waals surface area (Å²) in [4.78, 5) is 10.7. The zero-order valence-electron chi connectivity index (χ0n) is 16.4. The fraction of sp³-hybridized carbons (Fsp3) is 0.350. The first-order valence-corrected chi connectivity index (χ1v) is 7.83. The van der Waals surface area contributed by atoms with Gasteiger partial charge in [-0.05, 0) is 72.2 Å². The molecule has 2 aromatic rings. The molecule has 0 aromatic heterocycles. The molecule has 0 aliphatic rings. The van der Waals surface area contributed by atoms with Crippen LogP contribution in [-0.2, 0) is 11.2 Å². The minimum Gasteiger partial charge on any atom is -0.508 e. The van der Waals surface area contributed by atoms with E-state index in [1.165, 1.54) is 6.07 Å². The molecule has 0 atom stereocenters. The lowest BCUT2D eigenvalue weighted by molar-refractivity contribution is -0.139. The normalized spacial score (nSPS) is 12.7. The zero-order valence-corrected chi connectivity index (χ0v) is 14.4. The molecule has 4 heteroatoms. The number of phenolic OH excluding ortho intramolecular Hbond substituents is 1. The molecule has 0 unspecified atom stereocenters. The van der Waals surface area contributed by atoms with Gasteiger partial charge in [0.25, 0.3) is 0 Å². The number of aryl methyl sites for hydroxylation is 2. The Morgan fingerprint density at radius 2 is 1.83 bits per heavy atom. The van der Waals surface area contributed by atoms with Crippen molar-refractivity contribution in [2.45, 2.75) is 40.0 Å². The molecule has 0 fully saturated rings. The Balaban J connectivity index is 2.49. The van der Waals surface area contributed by atoms with Crippen molar-refractivity contribution in [1.82, 2.24) is 0 Å². The summed E-state index contributed by atoms with van der Waals surface area (Å²) in [6.45, 7) is 6.99. The van der Waals surface area contributed by atoms with Gasteiger partial charge in [0.05, 0.1) is 0 Å². The van der Waals surface area contributed by atoms with Crippen LogP contribution in [0, 0.1) is 13.8 Å². The van der Waals surface area contributed by atoms with Crippen molar-refractivity contribution in [3.63, 3.8) is 0 Å². The second-order valence-electron chi connectivity index (χ2n) is 6.17. The Kier molecular flexibility index (Phi) is 4.64. The SMILES string of the molecule is [2H]C([2H])(c1ccc(O)c(C(C)C)c1)c1c(C)cc(OCC(=O)O)cc1C. The van der Waals surface area contributed by atoms with E-state index in [0.717, 1.165) is 0 Å². The first kappa shape index (κ1) is 15.1. The summed E-state index contributed by atoms with van der Waals surface area (Å²) in [5.74, 6) is -0.439. The number of ether oxygens (including phenoxy) is 1. The highest BCUT2D eigenvalue weighted by atomic mass is 16.5. The van der Waals surface area contributed by atoms with Gasteiger partial charge in [-0.3, -0.25) is 0 Å². The van der Waals surface area contributed by atoms with Crippen molar-refractivity contribution in [2.24, 2.45) is 0 Å². The van der Waals surface area contributed by atoms with Crippen molar-refractivity contribution < 1.29 is 22.5 Å². The fourth-order valence-electron chi connectivity index (χ4n) is 2.59. The van der Waals surface area contributed by atoms with Crippen molar-refractivity contribution >= 4 is 5.97 Å². The number of hydrogen-bond acceptors (Lipinski definition) is 3. The number of carboxylic acid groups (broad SMARTS) is 1. The molecule has 2 rings (SSSR count). The van der Waals surface area contributed by atoms with E-state index in [1.807, 2.05) is 13.8 Å². The van der Waals surface area contributed by atoms with Crippen LogP contribution >= 0.6 is 0 Å². The molecule has 2 N–H and O–H groups in total. The third-order valence-electron chi connectivity index (χ3n) is 3.79. The van der Waals surface area contributed by atoms with Crippen molar-refractivity contribution in [2.75, 3.05) is 6.61 Å². The number of phenols is 1. The number of aliphatic carboxylic acids is 1. The Bertz CT molecular complexity index is 806. The summed E-state index contributed by atoms with van der Waals surface area (Å²) in [6, 6.07) is 8.11. The molecule has 0 aliphatic heterocycles. The second-order valence-corrected chi connectivity index (χ2v) is 6.17. The van der Waals surface area contributed by atoms with Crippen LogP contribution in [0.4, 0.5) is 0 Å². The quantitative estimate of drug-likeness (QED) is 0.833. The summed E-state index contributed by atoms with van der Waals surface area (Å²) in [5, 5.41) is 18.7. The average molecular weight is 330 g/mol. The van der Waals surface area contributed by atoms with Crippen LogP contribution in [0.3, 0.4) is 0 Å². The Hall–Kier alpha value is -2.49. The number of benzene rings is 2. The van der Waals surface area contributed by atoms with Gasteiger partial charge in [0.1, 0.15) is 11.5 Å². The van der Waals surface area contributed by atoms with Crippen molar-refractivity contribution in [3.8, 4) is 11.5 Å². The molecular formula is C20H24O4. The first-order valence-electron chi connectivity index (χ1n) is 8.83. The largest absolute Gasteiger partial charge is 0.508 e. The third-order valence-corrected chi connectivity index (χ3v) is 3.79. The van der Waals surface area contributed by atoms with E-state index in [0.29, 0.717) is 33.6 Å². The molecular weight excluding hydrogens is 304 g/mol. The van der Waals surface area contributed by atoms with Gasteiger partial charge in [0.15, 0.2) is 6.61 Å². The van der Waals surface area contributed by atoms with Crippen LogP contribution in [-0.4, -0.2) is 22.8 Å². The molecule has 0 aliphatic carbocycles. The highest BCUT2D eigenvalue weighted by Crippen LogP contribution is 2.29. The lowest BCUT2D eigenvalue weighted by Crippen LogP contribution is -2.10. The number of carbonyl (C=O) groups is 1. The molecule has 24 heavy (non-hydrogen) atoms. The molecule has 128 valence electrons. The van der Waals surface area contributed by atoms with Gasteiger partial charge in [0.2, 0.25) is 0 Å². The maximum absolute atomic E-state index is 10.7. The standard InChI is InChI=1S/C20H24O4/c1-12(2)17-9-15(5-6-19(17)21)10-18-13(3)7-16(8-14(18)4)24-11-20(22)23/h5-9,12,21H,10-11H2,1-4H3,(H,22,23)/i10D2. The van der Waals surface area contributed by atoms with E-state index in [9.17, 15) is 9.90 Å². The second kappa shape index (κ2) is 7.39. The number of hydrogen-bond donors (Lipinski definition) is 2. The van der Waals surface area contributed by atoms with E-state index >= 15 is 0 Å². The summed E-state index contributed by atoms with van der Waals surface area (Å²) in [7, 11) is 0. The van der Waals surface area contributed by atoms with Crippen LogP contribution in [0.5, 0.6) is 11.5 Å². The van der Waals surface area contributed by atoms with Gasteiger partial charge in [-0.15, -0.1) is 0 Å². The minimum atomic E-state index is -1.77. The molecule has 0 spiro atoms. The minimum absolute atomic E-state index is 0.0692. The number of rotatable bonds is 6. The molecule has 4 nitrogen and oxygen atoms in total. The fourth-order valence-corrected chi connectivity index (χ4v) is 2.59. The predicted octanol–water partition coefficient (Wildman–Crippen LogP) is 4.19. The summed E-state index contributed by atoms with van der Waals surface area (Å²) >= 11 is 0. The highest BCUT2D eigenvalue weighted by Gasteiger charge is 2.11. The maximum atomic E-state index is 10.7. The highest BCUT2D eigenvalue weighted by molar-refractivity contribution is 5.68. The zero-order chi connectivity index (χ0) is 19.6. The number of aromatic hydroxyl groups is 1. The summed E-state index contributed by atoms with van der Waals surface area (Å²) in [6.07, 6.45) is -1.77. The van der Waals surface area contributed by atoms with Crippen LogP contribution in [0.15, 0.2) is 30.3 Å². The van der Waals surface area contributed by atoms with E-state index in [4.69, 9.17) is 12.6 Å². The summed E-state index contributed by atoms with van der Waals surface area (Å²) < 4.78 is 22.6. The van der Waals surface area contributed by atoms with E-state index < -0.39 is 18.9 Å². The van der Waals surface area contributed by atoms with Crippen LogP contribution < -0.4 is 4.74 Å². The lowest BCUT2D eigenvalue weighted by Gasteiger charge is -2.15. The van der Waals surface area contributed by atoms with Gasteiger partial charge >= 0.3 is 5.97 Å². The van der Waals surface area contributed by atoms with Gasteiger partial charge in [0, 0.05) is 2.74 Å². The Morgan fingerprint density at radius 1 is 1.21 bits per heavy atom. The maximum Gasteiger partial charge on any atom is 0.341 e. The van der Waals surface area contributed by atoms with E-state index in [-0.39, 0.29) is 11.7 Å². The van der Waals surface area contributed by atoms with Gasteiger partial charge in [-0.2, -0.15) is 0 Å². The van der Waals surface area contributed by atoms with E-state index in [1.54, 1.807) is 38.1 Å². The monoisotopic (exact) mass is 330 g/mol. The smallest absolute Gasteiger partial charge is 0.341 e. The third kappa shape index (κ3) is 4.28. The van der Waals surface area contributed by atoms with Crippen LogP contribution in [0.25, 0.3) is 0 Å². The molecule has 2 aromatic carbocycles. The van der Waals surface area contributed by atoms with Crippen molar-refractivity contribution in [3.05, 3.63) is 58.1 Å². The predicted molar refractivity (Wildman–Crippen MR) is 94.0 cm³/mol. The molecule has 0 heterocycles.